The normalized spacial score (nSPS) is 11.0. The summed E-state index contributed by atoms with van der Waals surface area (Å²) >= 11 is 12.2. The van der Waals surface area contributed by atoms with E-state index >= 15 is 0 Å². The molecule has 0 spiro atoms. The van der Waals surface area contributed by atoms with Gasteiger partial charge in [0.15, 0.2) is 0 Å². The lowest BCUT2D eigenvalue weighted by Gasteiger charge is -2.09. The smallest absolute Gasteiger partial charge is 0.271 e. The quantitative estimate of drug-likeness (QED) is 0.219. The van der Waals surface area contributed by atoms with Crippen molar-refractivity contribution in [1.29, 1.82) is 5.26 Å². The third kappa shape index (κ3) is 4.86. The van der Waals surface area contributed by atoms with Gasteiger partial charge in [0.1, 0.15) is 28.9 Å². The van der Waals surface area contributed by atoms with Crippen LogP contribution in [0.2, 0.25) is 10.0 Å². The number of furan rings is 1. The molecule has 0 unspecified atom stereocenters. The van der Waals surface area contributed by atoms with E-state index in [1.807, 2.05) is 0 Å². The molecule has 3 aromatic rings. The summed E-state index contributed by atoms with van der Waals surface area (Å²) in [5, 5.41) is 23.5. The van der Waals surface area contributed by atoms with E-state index in [4.69, 9.17) is 32.4 Å². The SMILES string of the molecule is COc1ccc([N+](=O)[O-])cc1NC(=O)C(C#N)=Cc1ccc(-c2cccc(Cl)c2Cl)o1. The predicted octanol–water partition coefficient (Wildman–Crippen LogP) is 5.72. The van der Waals surface area contributed by atoms with Gasteiger partial charge in [-0.25, -0.2) is 0 Å². The number of carbonyl (C=O) groups is 1. The lowest BCUT2D eigenvalue weighted by molar-refractivity contribution is -0.384. The van der Waals surface area contributed by atoms with Crippen molar-refractivity contribution < 1.29 is 18.9 Å². The summed E-state index contributed by atoms with van der Waals surface area (Å²) in [6.07, 6.45) is 1.24. The highest BCUT2D eigenvalue weighted by atomic mass is 35.5. The molecule has 1 N–H and O–H groups in total. The summed E-state index contributed by atoms with van der Waals surface area (Å²) < 4.78 is 10.8. The van der Waals surface area contributed by atoms with Gasteiger partial charge in [-0.2, -0.15) is 5.26 Å². The zero-order valence-electron chi connectivity index (χ0n) is 15.9. The van der Waals surface area contributed by atoms with Crippen LogP contribution in [0.3, 0.4) is 0 Å². The molecule has 1 heterocycles. The summed E-state index contributed by atoms with van der Waals surface area (Å²) in [5.41, 5.74) is 0.0751. The first-order chi connectivity index (χ1) is 14.8. The molecule has 31 heavy (non-hydrogen) atoms. The molecule has 0 atom stereocenters. The number of ether oxygens (including phenoxy) is 1. The monoisotopic (exact) mass is 457 g/mol. The first-order valence-corrected chi connectivity index (χ1v) is 9.39. The van der Waals surface area contributed by atoms with E-state index in [0.717, 1.165) is 6.07 Å². The summed E-state index contributed by atoms with van der Waals surface area (Å²) in [6.45, 7) is 0. The van der Waals surface area contributed by atoms with E-state index in [1.54, 1.807) is 36.4 Å². The zero-order valence-corrected chi connectivity index (χ0v) is 17.4. The molecule has 10 heteroatoms. The van der Waals surface area contributed by atoms with E-state index in [9.17, 15) is 20.2 Å². The lowest BCUT2D eigenvalue weighted by Crippen LogP contribution is -2.14. The molecular formula is C21H13Cl2N3O5. The zero-order chi connectivity index (χ0) is 22.5. The summed E-state index contributed by atoms with van der Waals surface area (Å²) in [7, 11) is 1.35. The van der Waals surface area contributed by atoms with Crippen molar-refractivity contribution in [3.05, 3.63) is 80.0 Å². The van der Waals surface area contributed by atoms with Crippen molar-refractivity contribution in [2.45, 2.75) is 0 Å². The molecule has 0 aliphatic carbocycles. The average molecular weight is 458 g/mol. The standard InChI is InChI=1S/C21H13Cl2N3O5/c1-30-19-7-5-13(26(28)29)10-17(19)25-21(27)12(11-24)9-14-6-8-18(31-14)15-3-2-4-16(22)20(15)23/h2-10H,1H3,(H,25,27). The summed E-state index contributed by atoms with van der Waals surface area (Å²) in [6, 6.07) is 13.7. The van der Waals surface area contributed by atoms with Gasteiger partial charge in [-0.15, -0.1) is 0 Å². The number of nitro benzene ring substituents is 1. The van der Waals surface area contributed by atoms with Gasteiger partial charge < -0.3 is 14.5 Å². The third-order valence-corrected chi connectivity index (χ3v) is 4.96. The van der Waals surface area contributed by atoms with Crippen LogP contribution in [0, 0.1) is 21.4 Å². The maximum absolute atomic E-state index is 12.6. The first kappa shape index (κ1) is 21.9. The molecule has 3 rings (SSSR count). The number of non-ortho nitro benzene ring substituents is 1. The molecular weight excluding hydrogens is 445 g/mol. The van der Waals surface area contributed by atoms with Crippen molar-refractivity contribution in [3.8, 4) is 23.1 Å². The minimum absolute atomic E-state index is 0.0497. The van der Waals surface area contributed by atoms with Gasteiger partial charge in [-0.05, 0) is 30.3 Å². The molecule has 0 fully saturated rings. The Morgan fingerprint density at radius 2 is 2.03 bits per heavy atom. The Morgan fingerprint density at radius 3 is 2.71 bits per heavy atom. The molecule has 0 aliphatic rings. The molecule has 0 radical (unpaired) electrons. The first-order valence-electron chi connectivity index (χ1n) is 8.64. The van der Waals surface area contributed by atoms with Gasteiger partial charge in [0.05, 0.1) is 27.8 Å². The number of hydrogen-bond acceptors (Lipinski definition) is 6. The van der Waals surface area contributed by atoms with E-state index in [0.29, 0.717) is 21.4 Å². The average Bonchev–Trinajstić information content (AvgIpc) is 3.22. The third-order valence-electron chi connectivity index (χ3n) is 4.14. The maximum Gasteiger partial charge on any atom is 0.271 e. The highest BCUT2D eigenvalue weighted by molar-refractivity contribution is 6.43. The van der Waals surface area contributed by atoms with Crippen LogP contribution < -0.4 is 10.1 Å². The van der Waals surface area contributed by atoms with Crippen molar-refractivity contribution >= 4 is 46.6 Å². The number of anilines is 1. The van der Waals surface area contributed by atoms with E-state index in [-0.39, 0.29) is 28.5 Å². The van der Waals surface area contributed by atoms with E-state index in [2.05, 4.69) is 5.32 Å². The van der Waals surface area contributed by atoms with Crippen LogP contribution in [-0.2, 0) is 4.79 Å². The van der Waals surface area contributed by atoms with Gasteiger partial charge in [-0.3, -0.25) is 14.9 Å². The van der Waals surface area contributed by atoms with Crippen molar-refractivity contribution in [2.75, 3.05) is 12.4 Å². The Kier molecular flexibility index (Phi) is 6.60. The van der Waals surface area contributed by atoms with Gasteiger partial charge in [-0.1, -0.05) is 29.3 Å². The molecule has 0 saturated carbocycles. The van der Waals surface area contributed by atoms with Crippen LogP contribution in [0.5, 0.6) is 5.75 Å². The minimum Gasteiger partial charge on any atom is -0.495 e. The van der Waals surface area contributed by atoms with Crippen LogP contribution in [0.4, 0.5) is 11.4 Å². The highest BCUT2D eigenvalue weighted by Crippen LogP contribution is 2.35. The number of nitrogens with zero attached hydrogens (tertiary/aromatic N) is 2. The van der Waals surface area contributed by atoms with E-state index < -0.39 is 10.8 Å². The molecule has 1 amide bonds. The fraction of sp³-hybridized carbons (Fsp3) is 0.0476. The lowest BCUT2D eigenvalue weighted by atomic mass is 10.2. The summed E-state index contributed by atoms with van der Waals surface area (Å²) in [4.78, 5) is 22.9. The number of amides is 1. The van der Waals surface area contributed by atoms with Crippen LogP contribution >= 0.6 is 23.2 Å². The number of hydrogen-bond donors (Lipinski definition) is 1. The predicted molar refractivity (Wildman–Crippen MR) is 116 cm³/mol. The molecule has 156 valence electrons. The number of benzene rings is 2. The van der Waals surface area contributed by atoms with Crippen LogP contribution in [0.25, 0.3) is 17.4 Å². The van der Waals surface area contributed by atoms with Gasteiger partial charge in [0.2, 0.25) is 0 Å². The second kappa shape index (κ2) is 9.34. The largest absolute Gasteiger partial charge is 0.495 e. The fourth-order valence-electron chi connectivity index (χ4n) is 2.66. The number of nitrogens with one attached hydrogen (secondary N) is 1. The topological polar surface area (TPSA) is 118 Å². The minimum atomic E-state index is -0.792. The molecule has 2 aromatic carbocycles. The van der Waals surface area contributed by atoms with Gasteiger partial charge in [0.25, 0.3) is 11.6 Å². The molecule has 0 saturated heterocycles. The molecule has 0 bridgehead atoms. The second-order valence-corrected chi connectivity index (χ2v) is 6.85. The number of nitro groups is 1. The maximum atomic E-state index is 12.6. The van der Waals surface area contributed by atoms with Crippen LogP contribution in [-0.4, -0.2) is 17.9 Å². The Labute approximate surface area is 186 Å². The molecule has 0 aliphatic heterocycles. The molecule has 8 nitrogen and oxygen atoms in total. The Balaban J connectivity index is 1.88. The Morgan fingerprint density at radius 1 is 1.26 bits per heavy atom. The van der Waals surface area contributed by atoms with Crippen molar-refractivity contribution in [2.24, 2.45) is 0 Å². The number of rotatable bonds is 6. The van der Waals surface area contributed by atoms with Gasteiger partial charge >= 0.3 is 0 Å². The van der Waals surface area contributed by atoms with Crippen LogP contribution in [0.1, 0.15) is 5.76 Å². The van der Waals surface area contributed by atoms with Crippen LogP contribution in [0.15, 0.2) is 58.5 Å². The summed E-state index contributed by atoms with van der Waals surface area (Å²) in [5.74, 6) is 0.0349. The van der Waals surface area contributed by atoms with Crippen molar-refractivity contribution in [3.63, 3.8) is 0 Å². The van der Waals surface area contributed by atoms with Gasteiger partial charge in [0, 0.05) is 23.8 Å². The van der Waals surface area contributed by atoms with E-state index in [1.165, 1.54) is 25.3 Å². The Bertz CT molecular complexity index is 1240. The second-order valence-electron chi connectivity index (χ2n) is 6.07. The number of halogens is 2. The Hall–Kier alpha value is -3.80. The number of nitriles is 1. The van der Waals surface area contributed by atoms with Crippen molar-refractivity contribution in [1.82, 2.24) is 0 Å². The highest BCUT2D eigenvalue weighted by Gasteiger charge is 2.17. The fourth-order valence-corrected chi connectivity index (χ4v) is 3.05. The molecule has 1 aromatic heterocycles. The number of carbonyl (C=O) groups excluding carboxylic acids is 1. The number of methoxy groups -OCH3 is 1.